The lowest BCUT2D eigenvalue weighted by Gasteiger charge is -2.36. The average Bonchev–Trinajstić information content (AvgIpc) is 3.58. The summed E-state index contributed by atoms with van der Waals surface area (Å²) in [6.45, 7) is 9.40. The number of primary sulfonamides is 4. The summed E-state index contributed by atoms with van der Waals surface area (Å²) in [5.41, 5.74) is 9.72. The van der Waals surface area contributed by atoms with Crippen LogP contribution in [0.3, 0.4) is 0 Å². The molecule has 0 aromatic heterocycles. The van der Waals surface area contributed by atoms with E-state index in [2.05, 4.69) is 32.0 Å². The summed E-state index contributed by atoms with van der Waals surface area (Å²) in [6.07, 6.45) is 2.05. The molecule has 0 unspecified atom stereocenters. The van der Waals surface area contributed by atoms with Gasteiger partial charge in [-0.1, -0.05) is 27.7 Å². The van der Waals surface area contributed by atoms with Crippen molar-refractivity contribution in [2.45, 2.75) is 61.1 Å². The fourth-order valence-corrected chi connectivity index (χ4v) is 11.5. The lowest BCUT2D eigenvalue weighted by atomic mass is 9.67. The summed E-state index contributed by atoms with van der Waals surface area (Å²) in [7, 11) is -16.6. The minimum Gasteiger partial charge on any atom is -0.504 e. The van der Waals surface area contributed by atoms with Crippen molar-refractivity contribution in [2.75, 3.05) is 16.2 Å². The van der Waals surface area contributed by atoms with Crippen LogP contribution in [0.15, 0.2) is 212 Å². The number of aliphatic imine (C=N–C) groups is 1. The molecule has 0 aliphatic heterocycles. The van der Waals surface area contributed by atoms with Gasteiger partial charge in [0.15, 0.2) is 17.3 Å². The number of fused-ring (bicyclic) bond motifs is 1. The van der Waals surface area contributed by atoms with Crippen molar-refractivity contribution < 1.29 is 62.8 Å². The summed E-state index contributed by atoms with van der Waals surface area (Å²) < 4.78 is 97.1. The number of hydrogen-bond donors (Lipinski definition) is 10. The number of hydrazine groups is 2. The molecule has 0 amide bonds. The van der Waals surface area contributed by atoms with Gasteiger partial charge in [0.05, 0.1) is 59.2 Å². The molecular weight excluding hydrogens is 1140 g/mol. The zero-order valence-corrected chi connectivity index (χ0v) is 47.5. The molecule has 0 heterocycles. The van der Waals surface area contributed by atoms with Crippen molar-refractivity contribution in [3.05, 3.63) is 187 Å². The number of nitrogens with two attached hydrogens (primary N) is 4. The molecule has 0 radical (unpaired) electrons. The molecule has 14 N–H and O–H groups in total. The van der Waals surface area contributed by atoms with Crippen LogP contribution in [0.25, 0.3) is 0 Å². The van der Waals surface area contributed by atoms with Crippen LogP contribution >= 0.6 is 0 Å². The summed E-state index contributed by atoms with van der Waals surface area (Å²) >= 11 is 0. The molecule has 28 heteroatoms. The predicted molar refractivity (Wildman–Crippen MR) is 303 cm³/mol. The molecule has 0 saturated carbocycles. The summed E-state index contributed by atoms with van der Waals surface area (Å²) in [4.78, 5) is 79.2. The molecular formula is C54H52N10O14S4. The highest BCUT2D eigenvalue weighted by molar-refractivity contribution is 7.90. The van der Waals surface area contributed by atoms with Crippen molar-refractivity contribution in [2.24, 2.45) is 37.4 Å². The molecule has 24 nitrogen and oxygen atoms in total. The Hall–Kier alpha value is -8.74. The van der Waals surface area contributed by atoms with Gasteiger partial charge in [0, 0.05) is 62.7 Å². The summed E-state index contributed by atoms with van der Waals surface area (Å²) in [5, 5.41) is 36.1. The number of nitrogens with zero attached hydrogens (tertiary/aromatic N) is 1. The smallest absolute Gasteiger partial charge is 0.238 e. The minimum absolute atomic E-state index is 0.00215. The van der Waals surface area contributed by atoms with E-state index in [-0.39, 0.29) is 98.3 Å². The van der Waals surface area contributed by atoms with E-state index in [4.69, 9.17) is 20.6 Å². The van der Waals surface area contributed by atoms with Crippen LogP contribution in [0, 0.1) is 11.8 Å². The van der Waals surface area contributed by atoms with Crippen LogP contribution in [-0.2, 0) is 64.1 Å². The van der Waals surface area contributed by atoms with Crippen molar-refractivity contribution in [3.63, 3.8) is 0 Å². The van der Waals surface area contributed by atoms with Gasteiger partial charge in [-0.25, -0.2) is 54.2 Å². The predicted octanol–water partition coefficient (Wildman–Crippen LogP) is 3.97. The second-order valence-electron chi connectivity index (χ2n) is 19.5. The number of ketones is 5. The van der Waals surface area contributed by atoms with E-state index in [0.29, 0.717) is 0 Å². The number of hydrogen-bond acceptors (Lipinski definition) is 20. The quantitative estimate of drug-likeness (QED) is 0.0249. The molecule has 4 aliphatic rings. The topological polar surface area (TPSA) is 419 Å². The zero-order chi connectivity index (χ0) is 60.3. The number of aliphatic hydroxyl groups excluding tert-OH is 1. The third-order valence-electron chi connectivity index (χ3n) is 13.4. The molecule has 0 spiro atoms. The van der Waals surface area contributed by atoms with Crippen molar-refractivity contribution in [3.8, 4) is 0 Å². The normalized spacial score (nSPS) is 18.2. The largest absolute Gasteiger partial charge is 0.504 e. The van der Waals surface area contributed by atoms with E-state index in [1.807, 2.05) is 0 Å². The van der Waals surface area contributed by atoms with Crippen LogP contribution in [-0.4, -0.2) is 73.9 Å². The monoisotopic (exact) mass is 1190 g/mol. The highest BCUT2D eigenvalue weighted by Crippen LogP contribution is 2.49. The van der Waals surface area contributed by atoms with E-state index in [1.165, 1.54) is 98.8 Å². The zero-order valence-electron chi connectivity index (χ0n) is 44.2. The Morgan fingerprint density at radius 3 is 1.22 bits per heavy atom. The van der Waals surface area contributed by atoms with Crippen LogP contribution in [0.1, 0.15) is 41.5 Å². The molecule has 0 saturated heterocycles. The van der Waals surface area contributed by atoms with E-state index in [1.54, 1.807) is 27.7 Å². The fourth-order valence-electron chi connectivity index (χ4n) is 9.47. The lowest BCUT2D eigenvalue weighted by molar-refractivity contribution is -0.132. The number of rotatable bonds is 16. The number of sulfonamides is 4. The number of carbonyl (C=O) groups excluding carboxylic acids is 5. The Morgan fingerprint density at radius 2 is 0.817 bits per heavy atom. The van der Waals surface area contributed by atoms with Gasteiger partial charge in [-0.15, -0.1) is 0 Å². The van der Waals surface area contributed by atoms with Crippen LogP contribution in [0.2, 0.25) is 0 Å². The van der Waals surface area contributed by atoms with Gasteiger partial charge >= 0.3 is 0 Å². The SMILES string of the molecule is CC1=C(NNc2ccc(S(N)(=O)=O)cc2)C2=C(C(=O)/C1=C1/C(=O)C3=C(C=Nc4ccc(S(N)(=O)=O)cc4)C(=O)C(=O)C(C(C)C)=C3C(NNc3ccc(S(N)(=O)=O)cc3)=C1C)/C(=C/Nc1ccc(S(N)(=O)=O)cc1)C(=O)C(O)=C2C(C)C. The van der Waals surface area contributed by atoms with Crippen LogP contribution in [0.5, 0.6) is 0 Å². The number of nitrogens with one attached hydrogen (secondary N) is 5. The number of aliphatic hydroxyl groups is 1. The highest BCUT2D eigenvalue weighted by atomic mass is 32.2. The minimum atomic E-state index is -4.15. The first-order valence-corrected chi connectivity index (χ1v) is 30.5. The first-order valence-electron chi connectivity index (χ1n) is 24.4. The molecule has 4 aromatic rings. The molecule has 82 heavy (non-hydrogen) atoms. The maximum Gasteiger partial charge on any atom is 0.238 e. The van der Waals surface area contributed by atoms with E-state index >= 15 is 9.59 Å². The first-order chi connectivity index (χ1) is 38.2. The van der Waals surface area contributed by atoms with Crippen molar-refractivity contribution >= 4 is 98.0 Å². The van der Waals surface area contributed by atoms with Gasteiger partial charge in [-0.2, -0.15) is 0 Å². The Kier molecular flexibility index (Phi) is 15.9. The standard InChI is InChI=1S/C54H52N10O14S4/c1-25(2)39-45-43(37(49(65)53(39)69)23-59-29-7-15-33(16-8-29)79(55,71)72)51(67)41(27(5)47(45)63-61-31-11-19-35(20-12-31)81(57,75)76)42-28(6)48(64-62-32-13-21-36(22-14-32)82(58,77)78)46-40(26(3)4)54(70)50(66)38(44(46)52(42)68)24-60-30-9-17-34(18-10-30)80(56,73)74/h7-26,59,61-64,69H,1-6H3,(H2,55,71,72)(H2,56,73,74)(H2,57,75,76)(H2,58,77,78)/b37-23-,42-41+,60-24?. The van der Waals surface area contributed by atoms with Gasteiger partial charge in [-0.3, -0.25) is 39.8 Å². The van der Waals surface area contributed by atoms with Gasteiger partial charge in [0.1, 0.15) is 0 Å². The Morgan fingerprint density at radius 1 is 0.439 bits per heavy atom. The lowest BCUT2D eigenvalue weighted by Crippen LogP contribution is -2.40. The summed E-state index contributed by atoms with van der Waals surface area (Å²) in [6, 6.07) is 20.0. The maximum absolute atomic E-state index is 16.1. The second kappa shape index (κ2) is 22.0. The third-order valence-corrected chi connectivity index (χ3v) is 17.1. The average molecular weight is 1190 g/mol. The van der Waals surface area contributed by atoms with Gasteiger partial charge in [0.2, 0.25) is 57.4 Å². The fraction of sp³-hybridized carbons (Fsp3) is 0.148. The highest BCUT2D eigenvalue weighted by Gasteiger charge is 2.48. The van der Waals surface area contributed by atoms with E-state index in [0.717, 1.165) is 24.5 Å². The Balaban J connectivity index is 1.45. The van der Waals surface area contributed by atoms with E-state index < -0.39 is 109 Å². The Labute approximate surface area is 471 Å². The Bertz CT molecular complexity index is 4300. The molecule has 4 aliphatic carbocycles. The number of carbonyl (C=O) groups is 5. The molecule has 426 valence electrons. The molecule has 0 fully saturated rings. The van der Waals surface area contributed by atoms with Crippen LogP contribution < -0.4 is 47.6 Å². The van der Waals surface area contributed by atoms with E-state index in [9.17, 15) is 53.2 Å². The van der Waals surface area contributed by atoms with Gasteiger partial charge in [0.25, 0.3) is 0 Å². The number of anilines is 3. The van der Waals surface area contributed by atoms with Gasteiger partial charge < -0.3 is 21.3 Å². The van der Waals surface area contributed by atoms with Gasteiger partial charge in [-0.05, 0) is 134 Å². The van der Waals surface area contributed by atoms with Crippen molar-refractivity contribution in [1.29, 1.82) is 0 Å². The van der Waals surface area contributed by atoms with Crippen LogP contribution in [0.4, 0.5) is 22.7 Å². The molecule has 8 rings (SSSR count). The van der Waals surface area contributed by atoms with Crippen molar-refractivity contribution in [1.82, 2.24) is 10.9 Å². The number of benzene rings is 4. The molecule has 0 atom stereocenters. The number of allylic oxidation sites excluding steroid dienone is 10. The third kappa shape index (κ3) is 11.5. The first kappa shape index (κ1) is 59.4. The molecule has 4 aromatic carbocycles. The number of Topliss-reactive ketones (excluding diaryl/α,β-unsaturated/α-hetero) is 5. The maximum atomic E-state index is 16.1. The summed E-state index contributed by atoms with van der Waals surface area (Å²) in [5.74, 6) is -7.48. The molecule has 0 bridgehead atoms. The second-order valence-corrected chi connectivity index (χ2v) is 25.7.